The van der Waals surface area contributed by atoms with Crippen LogP contribution < -0.4 is 0 Å². The van der Waals surface area contributed by atoms with Gasteiger partial charge in [0.15, 0.2) is 0 Å². The second-order valence-electron chi connectivity index (χ2n) is 2.29. The van der Waals surface area contributed by atoms with Crippen LogP contribution in [0, 0.1) is 0 Å². The molecule has 0 saturated heterocycles. The highest BCUT2D eigenvalue weighted by atomic mass is 32.1. The molecule has 0 aliphatic heterocycles. The molecular weight excluding hydrogens is 158 g/mol. The van der Waals surface area contributed by atoms with Crippen molar-refractivity contribution >= 4 is 17.4 Å². The van der Waals surface area contributed by atoms with Crippen LogP contribution in [0.15, 0.2) is 4.99 Å². The van der Waals surface area contributed by atoms with E-state index < -0.39 is 0 Å². The van der Waals surface area contributed by atoms with Gasteiger partial charge in [-0.15, -0.1) is 0 Å². The van der Waals surface area contributed by atoms with Gasteiger partial charge in [-0.25, -0.2) is 4.99 Å². The summed E-state index contributed by atoms with van der Waals surface area (Å²) < 4.78 is 5.30. The summed E-state index contributed by atoms with van der Waals surface area (Å²) >= 11 is 4.41. The lowest BCUT2D eigenvalue weighted by Crippen LogP contribution is -1.97. The van der Waals surface area contributed by atoms with E-state index in [1.54, 1.807) is 0 Å². The highest BCUT2D eigenvalue weighted by Crippen LogP contribution is 1.89. The Morgan fingerprint density at radius 3 is 2.73 bits per heavy atom. The summed E-state index contributed by atoms with van der Waals surface area (Å²) in [5.41, 5.74) is 0. The van der Waals surface area contributed by atoms with Gasteiger partial charge in [-0.3, -0.25) is 0 Å². The third-order valence-electron chi connectivity index (χ3n) is 1.27. The van der Waals surface area contributed by atoms with Gasteiger partial charge in [-0.1, -0.05) is 13.3 Å². The number of rotatable bonds is 7. The van der Waals surface area contributed by atoms with Crippen LogP contribution in [0.25, 0.3) is 0 Å². The first kappa shape index (κ1) is 10.8. The maximum Gasteiger partial charge on any atom is 0.0584 e. The third kappa shape index (κ3) is 9.76. The Labute approximate surface area is 73.7 Å². The minimum Gasteiger partial charge on any atom is -0.381 e. The monoisotopic (exact) mass is 173 g/mol. The Morgan fingerprint density at radius 2 is 2.09 bits per heavy atom. The topological polar surface area (TPSA) is 21.6 Å². The number of ether oxygens (including phenoxy) is 1. The summed E-state index contributed by atoms with van der Waals surface area (Å²) in [6, 6.07) is 0. The Kier molecular flexibility index (Phi) is 9.55. The Morgan fingerprint density at radius 1 is 1.36 bits per heavy atom. The molecule has 0 atom stereocenters. The maximum atomic E-state index is 5.30. The molecule has 3 heteroatoms. The molecule has 11 heavy (non-hydrogen) atoms. The fraction of sp³-hybridized carbons (Fsp3) is 0.875. The average molecular weight is 173 g/mol. The van der Waals surface area contributed by atoms with Crippen molar-refractivity contribution in [3.8, 4) is 0 Å². The van der Waals surface area contributed by atoms with Crippen LogP contribution in [0.5, 0.6) is 0 Å². The molecule has 0 radical (unpaired) electrons. The lowest BCUT2D eigenvalue weighted by atomic mass is 10.4. The maximum absolute atomic E-state index is 5.30. The molecule has 0 heterocycles. The molecule has 0 aliphatic rings. The van der Waals surface area contributed by atoms with Crippen molar-refractivity contribution in [1.82, 2.24) is 0 Å². The Hall–Kier alpha value is -0.240. The Bertz CT molecular complexity index is 121. The largest absolute Gasteiger partial charge is 0.381 e. The van der Waals surface area contributed by atoms with E-state index in [2.05, 4.69) is 29.3 Å². The second kappa shape index (κ2) is 9.76. The predicted octanol–water partition coefficient (Wildman–Crippen LogP) is 2.30. The summed E-state index contributed by atoms with van der Waals surface area (Å²) in [5.74, 6) is 0. The van der Waals surface area contributed by atoms with Crippen LogP contribution in [0.2, 0.25) is 0 Å². The van der Waals surface area contributed by atoms with Crippen LogP contribution in [0.4, 0.5) is 0 Å². The molecule has 0 N–H and O–H groups in total. The molecule has 0 saturated carbocycles. The van der Waals surface area contributed by atoms with Gasteiger partial charge in [-0.05, 0) is 25.1 Å². The van der Waals surface area contributed by atoms with Gasteiger partial charge in [0.1, 0.15) is 0 Å². The summed E-state index contributed by atoms with van der Waals surface area (Å²) in [5, 5.41) is 2.32. The normalized spacial score (nSPS) is 9.18. The molecule has 2 nitrogen and oxygen atoms in total. The van der Waals surface area contributed by atoms with Gasteiger partial charge >= 0.3 is 0 Å². The van der Waals surface area contributed by atoms with E-state index in [9.17, 15) is 0 Å². The molecule has 0 unspecified atom stereocenters. The van der Waals surface area contributed by atoms with Crippen molar-refractivity contribution in [2.45, 2.75) is 26.2 Å². The van der Waals surface area contributed by atoms with Gasteiger partial charge in [-0.2, -0.15) is 0 Å². The number of hydrogen-bond acceptors (Lipinski definition) is 3. The van der Waals surface area contributed by atoms with Crippen LogP contribution in [0.3, 0.4) is 0 Å². The zero-order chi connectivity index (χ0) is 8.36. The van der Waals surface area contributed by atoms with Gasteiger partial charge in [0, 0.05) is 13.2 Å². The van der Waals surface area contributed by atoms with Gasteiger partial charge in [0.2, 0.25) is 0 Å². The summed E-state index contributed by atoms with van der Waals surface area (Å²) in [6.07, 6.45) is 3.29. The molecule has 0 bridgehead atoms. The molecule has 0 fully saturated rings. The van der Waals surface area contributed by atoms with Crippen LogP contribution in [0.1, 0.15) is 26.2 Å². The van der Waals surface area contributed by atoms with E-state index in [1.807, 2.05) is 0 Å². The number of isothiocyanates is 1. The first-order valence-corrected chi connectivity index (χ1v) is 4.44. The number of thiocarbonyl (C=S) groups is 1. The molecule has 0 amide bonds. The number of aliphatic imine (C=N–C) groups is 1. The zero-order valence-electron chi connectivity index (χ0n) is 7.01. The molecule has 0 aliphatic carbocycles. The number of hydrogen-bond donors (Lipinski definition) is 0. The fourth-order valence-corrected chi connectivity index (χ4v) is 0.731. The molecule has 0 aromatic carbocycles. The van der Waals surface area contributed by atoms with Crippen LogP contribution in [-0.2, 0) is 4.74 Å². The van der Waals surface area contributed by atoms with Gasteiger partial charge in [0.05, 0.1) is 11.7 Å². The zero-order valence-corrected chi connectivity index (χ0v) is 7.82. The summed E-state index contributed by atoms with van der Waals surface area (Å²) in [6.45, 7) is 4.56. The van der Waals surface area contributed by atoms with E-state index in [-0.39, 0.29) is 0 Å². The first-order valence-electron chi connectivity index (χ1n) is 4.03. The van der Waals surface area contributed by atoms with Crippen molar-refractivity contribution in [3.63, 3.8) is 0 Å². The molecular formula is C8H15NOS. The first-order chi connectivity index (χ1) is 5.41. The summed E-state index contributed by atoms with van der Waals surface area (Å²) in [4.78, 5) is 3.77. The molecule has 0 aromatic heterocycles. The van der Waals surface area contributed by atoms with Crippen LogP contribution >= 0.6 is 12.2 Å². The van der Waals surface area contributed by atoms with Crippen molar-refractivity contribution in [2.75, 3.05) is 19.8 Å². The van der Waals surface area contributed by atoms with Gasteiger partial charge < -0.3 is 4.74 Å². The summed E-state index contributed by atoms with van der Waals surface area (Å²) in [7, 11) is 0. The molecule has 0 aromatic rings. The van der Waals surface area contributed by atoms with E-state index in [0.29, 0.717) is 0 Å². The minimum absolute atomic E-state index is 0.746. The smallest absolute Gasteiger partial charge is 0.0584 e. The third-order valence-corrected chi connectivity index (χ3v) is 1.39. The SMILES string of the molecule is CCCCOCCCN=C=S. The lowest BCUT2D eigenvalue weighted by Gasteiger charge is -1.99. The fourth-order valence-electron chi connectivity index (χ4n) is 0.640. The molecule has 64 valence electrons. The van der Waals surface area contributed by atoms with Crippen molar-refractivity contribution in [3.05, 3.63) is 0 Å². The van der Waals surface area contributed by atoms with Crippen LogP contribution in [-0.4, -0.2) is 24.9 Å². The molecule has 0 spiro atoms. The predicted molar refractivity (Wildman–Crippen MR) is 50.2 cm³/mol. The average Bonchev–Trinajstić information content (AvgIpc) is 2.03. The number of nitrogens with zero attached hydrogens (tertiary/aromatic N) is 1. The lowest BCUT2D eigenvalue weighted by molar-refractivity contribution is 0.130. The van der Waals surface area contributed by atoms with E-state index >= 15 is 0 Å². The quantitative estimate of drug-likeness (QED) is 0.335. The van der Waals surface area contributed by atoms with E-state index in [1.165, 1.54) is 6.42 Å². The minimum atomic E-state index is 0.746. The van der Waals surface area contributed by atoms with Crippen molar-refractivity contribution < 1.29 is 4.74 Å². The van der Waals surface area contributed by atoms with E-state index in [4.69, 9.17) is 4.74 Å². The standard InChI is InChI=1S/C8H15NOS/c1-2-3-6-10-7-4-5-9-8-11/h2-7H2,1H3. The highest BCUT2D eigenvalue weighted by Gasteiger charge is 1.86. The van der Waals surface area contributed by atoms with Crippen molar-refractivity contribution in [2.24, 2.45) is 4.99 Å². The second-order valence-corrected chi connectivity index (χ2v) is 2.48. The Balaban J connectivity index is 2.84. The van der Waals surface area contributed by atoms with Crippen molar-refractivity contribution in [1.29, 1.82) is 0 Å². The van der Waals surface area contributed by atoms with E-state index in [0.717, 1.165) is 32.6 Å². The molecule has 0 rings (SSSR count). The number of unbranched alkanes of at least 4 members (excludes halogenated alkanes) is 1. The van der Waals surface area contributed by atoms with Gasteiger partial charge in [0.25, 0.3) is 0 Å². The highest BCUT2D eigenvalue weighted by molar-refractivity contribution is 7.78.